The second-order valence-corrected chi connectivity index (χ2v) is 3.72. The van der Waals surface area contributed by atoms with Crippen LogP contribution < -0.4 is 0 Å². The lowest BCUT2D eigenvalue weighted by molar-refractivity contribution is 0.0603. The van der Waals surface area contributed by atoms with E-state index in [1.54, 1.807) is 18.3 Å². The van der Waals surface area contributed by atoms with Gasteiger partial charge in [0.05, 0.1) is 29.8 Å². The molecular formula is C11H10ClNO3. The van der Waals surface area contributed by atoms with Gasteiger partial charge in [-0.15, -0.1) is 0 Å². The van der Waals surface area contributed by atoms with Gasteiger partial charge in [-0.3, -0.25) is 0 Å². The first kappa shape index (κ1) is 11.0. The van der Waals surface area contributed by atoms with Gasteiger partial charge in [-0.25, -0.2) is 4.79 Å². The molecule has 0 aliphatic rings. The number of benzene rings is 1. The Morgan fingerprint density at radius 2 is 2.38 bits per heavy atom. The van der Waals surface area contributed by atoms with Gasteiger partial charge in [-0.2, -0.15) is 0 Å². The zero-order valence-electron chi connectivity index (χ0n) is 8.58. The lowest BCUT2D eigenvalue weighted by Crippen LogP contribution is -2.04. The second kappa shape index (κ2) is 4.15. The lowest BCUT2D eigenvalue weighted by Gasteiger charge is -2.07. The van der Waals surface area contributed by atoms with Crippen molar-refractivity contribution in [2.24, 2.45) is 0 Å². The van der Waals surface area contributed by atoms with Gasteiger partial charge in [0.15, 0.2) is 0 Å². The normalized spacial score (nSPS) is 10.7. The van der Waals surface area contributed by atoms with E-state index in [9.17, 15) is 9.90 Å². The van der Waals surface area contributed by atoms with E-state index in [2.05, 4.69) is 9.72 Å². The molecule has 0 atom stereocenters. The molecule has 1 aromatic heterocycles. The molecular weight excluding hydrogens is 230 g/mol. The summed E-state index contributed by atoms with van der Waals surface area (Å²) in [6.45, 7) is -0.141. The molecule has 0 aliphatic heterocycles. The third-order valence-corrected chi connectivity index (χ3v) is 2.74. The Kier molecular flexibility index (Phi) is 2.85. The number of aromatic nitrogens is 1. The monoisotopic (exact) mass is 239 g/mol. The standard InChI is InChI=1S/C11H10ClNO3/c1-16-11(15)9-7-2-3-13-10(7)6(5-14)4-8(9)12/h2-4,13-14H,5H2,1H3. The fraction of sp³-hybridized carbons (Fsp3) is 0.182. The zero-order valence-corrected chi connectivity index (χ0v) is 9.34. The summed E-state index contributed by atoms with van der Waals surface area (Å²) >= 11 is 5.99. The topological polar surface area (TPSA) is 62.3 Å². The molecule has 0 bridgehead atoms. The highest BCUT2D eigenvalue weighted by atomic mass is 35.5. The molecule has 5 heteroatoms. The highest BCUT2D eigenvalue weighted by molar-refractivity contribution is 6.35. The Hall–Kier alpha value is -1.52. The number of ether oxygens (including phenoxy) is 1. The average Bonchev–Trinajstić information content (AvgIpc) is 2.75. The maximum atomic E-state index is 11.6. The van der Waals surface area contributed by atoms with Crippen molar-refractivity contribution < 1.29 is 14.6 Å². The molecule has 0 aliphatic carbocycles. The van der Waals surface area contributed by atoms with Crippen molar-refractivity contribution >= 4 is 28.5 Å². The predicted octanol–water partition coefficient (Wildman–Crippen LogP) is 2.10. The van der Waals surface area contributed by atoms with Gasteiger partial charge < -0.3 is 14.8 Å². The van der Waals surface area contributed by atoms with Gasteiger partial charge in [0.2, 0.25) is 0 Å². The van der Waals surface area contributed by atoms with Crippen molar-refractivity contribution in [1.29, 1.82) is 0 Å². The molecule has 0 radical (unpaired) electrons. The SMILES string of the molecule is COC(=O)c1c(Cl)cc(CO)c2[nH]ccc12. The van der Waals surface area contributed by atoms with E-state index in [0.29, 0.717) is 22.0 Å². The van der Waals surface area contributed by atoms with Crippen LogP contribution in [0.25, 0.3) is 10.9 Å². The molecule has 0 fully saturated rings. The van der Waals surface area contributed by atoms with Gasteiger partial charge in [-0.05, 0) is 12.1 Å². The third-order valence-electron chi connectivity index (χ3n) is 2.44. The van der Waals surface area contributed by atoms with Crippen LogP contribution in [0.3, 0.4) is 0 Å². The number of nitrogens with one attached hydrogen (secondary N) is 1. The Morgan fingerprint density at radius 1 is 1.62 bits per heavy atom. The van der Waals surface area contributed by atoms with E-state index in [4.69, 9.17) is 11.6 Å². The van der Waals surface area contributed by atoms with Crippen molar-refractivity contribution in [1.82, 2.24) is 4.98 Å². The van der Waals surface area contributed by atoms with E-state index in [0.717, 1.165) is 0 Å². The molecule has 2 N–H and O–H groups in total. The maximum absolute atomic E-state index is 11.6. The van der Waals surface area contributed by atoms with Crippen LogP contribution in [0.4, 0.5) is 0 Å². The maximum Gasteiger partial charge on any atom is 0.340 e. The van der Waals surface area contributed by atoms with Gasteiger partial charge >= 0.3 is 5.97 Å². The molecule has 0 amide bonds. The minimum absolute atomic E-state index is 0.141. The van der Waals surface area contributed by atoms with Crippen LogP contribution in [0.2, 0.25) is 5.02 Å². The Labute approximate surface area is 96.8 Å². The van der Waals surface area contributed by atoms with Crippen molar-refractivity contribution in [2.45, 2.75) is 6.61 Å². The van der Waals surface area contributed by atoms with Crippen molar-refractivity contribution in [3.8, 4) is 0 Å². The number of rotatable bonds is 2. The molecule has 1 aromatic carbocycles. The van der Waals surface area contributed by atoms with E-state index in [-0.39, 0.29) is 11.6 Å². The van der Waals surface area contributed by atoms with Gasteiger partial charge in [0.1, 0.15) is 0 Å². The van der Waals surface area contributed by atoms with E-state index < -0.39 is 5.97 Å². The molecule has 84 valence electrons. The number of esters is 1. The number of carbonyl (C=O) groups is 1. The molecule has 2 aromatic rings. The number of fused-ring (bicyclic) bond motifs is 1. The van der Waals surface area contributed by atoms with Crippen molar-refractivity contribution in [3.05, 3.63) is 34.5 Å². The number of aliphatic hydroxyl groups is 1. The van der Waals surface area contributed by atoms with E-state index in [1.807, 2.05) is 0 Å². The molecule has 2 rings (SSSR count). The number of halogens is 1. The molecule has 0 saturated carbocycles. The smallest absolute Gasteiger partial charge is 0.340 e. The van der Waals surface area contributed by atoms with Crippen molar-refractivity contribution in [3.63, 3.8) is 0 Å². The summed E-state index contributed by atoms with van der Waals surface area (Å²) in [6.07, 6.45) is 1.69. The fourth-order valence-corrected chi connectivity index (χ4v) is 2.01. The number of hydrogen-bond acceptors (Lipinski definition) is 3. The molecule has 4 nitrogen and oxygen atoms in total. The van der Waals surface area contributed by atoms with Crippen LogP contribution in [0.5, 0.6) is 0 Å². The van der Waals surface area contributed by atoms with Crippen LogP contribution in [-0.4, -0.2) is 23.2 Å². The lowest BCUT2D eigenvalue weighted by atomic mass is 10.1. The number of aliphatic hydroxyl groups excluding tert-OH is 1. The molecule has 1 heterocycles. The predicted molar refractivity (Wildman–Crippen MR) is 60.6 cm³/mol. The fourth-order valence-electron chi connectivity index (χ4n) is 1.70. The van der Waals surface area contributed by atoms with Crippen LogP contribution >= 0.6 is 11.6 Å². The minimum Gasteiger partial charge on any atom is -0.465 e. The number of hydrogen-bond donors (Lipinski definition) is 2. The molecule has 0 unspecified atom stereocenters. The summed E-state index contributed by atoms with van der Waals surface area (Å²) in [5, 5.41) is 10.1. The molecule has 16 heavy (non-hydrogen) atoms. The van der Waals surface area contributed by atoms with E-state index in [1.165, 1.54) is 7.11 Å². The van der Waals surface area contributed by atoms with Crippen LogP contribution in [0.15, 0.2) is 18.3 Å². The Bertz CT molecular complexity index is 547. The first-order valence-corrected chi connectivity index (χ1v) is 5.04. The van der Waals surface area contributed by atoms with Crippen LogP contribution in [0, 0.1) is 0 Å². The number of H-pyrrole nitrogens is 1. The summed E-state index contributed by atoms with van der Waals surface area (Å²) in [5.41, 5.74) is 1.67. The number of carbonyl (C=O) groups excluding carboxylic acids is 1. The number of methoxy groups -OCH3 is 1. The molecule has 0 spiro atoms. The van der Waals surface area contributed by atoms with Crippen LogP contribution in [-0.2, 0) is 11.3 Å². The molecule has 0 saturated heterocycles. The van der Waals surface area contributed by atoms with E-state index >= 15 is 0 Å². The van der Waals surface area contributed by atoms with Crippen molar-refractivity contribution in [2.75, 3.05) is 7.11 Å². The summed E-state index contributed by atoms with van der Waals surface area (Å²) in [6, 6.07) is 3.29. The Morgan fingerprint density at radius 3 is 3.00 bits per heavy atom. The first-order chi connectivity index (χ1) is 7.69. The number of aromatic amines is 1. The summed E-state index contributed by atoms with van der Waals surface area (Å²) < 4.78 is 4.67. The van der Waals surface area contributed by atoms with Crippen LogP contribution in [0.1, 0.15) is 15.9 Å². The second-order valence-electron chi connectivity index (χ2n) is 3.31. The largest absolute Gasteiger partial charge is 0.465 e. The highest BCUT2D eigenvalue weighted by Crippen LogP contribution is 2.29. The quantitative estimate of drug-likeness (QED) is 0.789. The Balaban J connectivity index is 2.79. The van der Waals surface area contributed by atoms with Gasteiger partial charge in [0, 0.05) is 17.1 Å². The van der Waals surface area contributed by atoms with Gasteiger partial charge in [-0.1, -0.05) is 11.6 Å². The summed E-state index contributed by atoms with van der Waals surface area (Å²) in [4.78, 5) is 14.5. The highest BCUT2D eigenvalue weighted by Gasteiger charge is 2.17. The first-order valence-electron chi connectivity index (χ1n) is 4.66. The zero-order chi connectivity index (χ0) is 11.7. The van der Waals surface area contributed by atoms with Gasteiger partial charge in [0.25, 0.3) is 0 Å². The average molecular weight is 240 g/mol. The third kappa shape index (κ3) is 1.56. The minimum atomic E-state index is -0.487. The summed E-state index contributed by atoms with van der Waals surface area (Å²) in [7, 11) is 1.30. The summed E-state index contributed by atoms with van der Waals surface area (Å²) in [5.74, 6) is -0.487.